The molecule has 2 aliphatic heterocycles. The Balaban J connectivity index is 2.10. The predicted octanol–water partition coefficient (Wildman–Crippen LogP) is 1.89. The lowest BCUT2D eigenvalue weighted by atomic mass is 9.83. The number of hydrogen-bond acceptors (Lipinski definition) is 4. The van der Waals surface area contributed by atoms with E-state index < -0.39 is 0 Å². The van der Waals surface area contributed by atoms with Crippen molar-refractivity contribution in [3.8, 4) is 0 Å². The second-order valence-corrected chi connectivity index (χ2v) is 6.20. The van der Waals surface area contributed by atoms with Crippen LogP contribution in [0.2, 0.25) is 0 Å². The van der Waals surface area contributed by atoms with Crippen LogP contribution in [0.1, 0.15) is 46.0 Å². The third kappa shape index (κ3) is 2.95. The molecule has 0 aliphatic carbocycles. The van der Waals surface area contributed by atoms with Crippen LogP contribution in [0.15, 0.2) is 0 Å². The smallest absolute Gasteiger partial charge is 0.326 e. The van der Waals surface area contributed by atoms with Crippen molar-refractivity contribution in [3.63, 3.8) is 0 Å². The van der Waals surface area contributed by atoms with Gasteiger partial charge in [0.1, 0.15) is 5.54 Å². The average Bonchev–Trinajstić information content (AvgIpc) is 2.47. The Labute approximate surface area is 117 Å². The Kier molecular flexibility index (Phi) is 4.85. The number of hydrogen-bond donors (Lipinski definition) is 0. The number of methoxy groups -OCH3 is 1. The minimum absolute atomic E-state index is 0.0159. The molecule has 110 valence electrons. The lowest BCUT2D eigenvalue weighted by Crippen LogP contribution is -2.62. The van der Waals surface area contributed by atoms with Crippen molar-refractivity contribution < 1.29 is 9.53 Å². The van der Waals surface area contributed by atoms with E-state index in [0.717, 1.165) is 39.0 Å². The van der Waals surface area contributed by atoms with Crippen LogP contribution in [0.5, 0.6) is 0 Å². The summed E-state index contributed by atoms with van der Waals surface area (Å²) >= 11 is 0. The Morgan fingerprint density at radius 2 is 1.63 bits per heavy atom. The molecule has 0 saturated carbocycles. The molecule has 2 saturated heterocycles. The third-order valence-corrected chi connectivity index (χ3v) is 4.88. The zero-order chi connectivity index (χ0) is 13.9. The van der Waals surface area contributed by atoms with Gasteiger partial charge in [-0.3, -0.25) is 9.69 Å². The molecule has 4 heteroatoms. The van der Waals surface area contributed by atoms with E-state index in [9.17, 15) is 4.79 Å². The van der Waals surface area contributed by atoms with E-state index in [4.69, 9.17) is 4.74 Å². The van der Waals surface area contributed by atoms with Gasteiger partial charge in [-0.1, -0.05) is 6.42 Å². The third-order valence-electron chi connectivity index (χ3n) is 4.88. The van der Waals surface area contributed by atoms with Crippen molar-refractivity contribution in [2.75, 3.05) is 33.3 Å². The Morgan fingerprint density at radius 3 is 2.11 bits per heavy atom. The highest BCUT2D eigenvalue weighted by atomic mass is 16.5. The van der Waals surface area contributed by atoms with Gasteiger partial charge in [0.25, 0.3) is 0 Å². The average molecular weight is 268 g/mol. The van der Waals surface area contributed by atoms with Crippen molar-refractivity contribution in [2.45, 2.75) is 57.5 Å². The molecule has 2 rings (SSSR count). The van der Waals surface area contributed by atoms with Gasteiger partial charge in [-0.25, -0.2) is 0 Å². The van der Waals surface area contributed by atoms with Crippen LogP contribution >= 0.6 is 0 Å². The van der Waals surface area contributed by atoms with Crippen LogP contribution in [-0.2, 0) is 9.53 Å². The first-order chi connectivity index (χ1) is 9.10. The minimum Gasteiger partial charge on any atom is -0.468 e. The summed E-state index contributed by atoms with van der Waals surface area (Å²) < 4.78 is 5.14. The largest absolute Gasteiger partial charge is 0.468 e. The highest BCUT2D eigenvalue weighted by molar-refractivity contribution is 5.81. The number of ether oxygens (including phenoxy) is 1. The van der Waals surface area contributed by atoms with Crippen LogP contribution in [0.25, 0.3) is 0 Å². The molecule has 0 aromatic rings. The number of piperidine rings is 2. The SMILES string of the molecule is COC(=O)C1(N2CCCCC2)CCN(C(C)C)CC1. The van der Waals surface area contributed by atoms with Gasteiger partial charge in [0.2, 0.25) is 0 Å². The van der Waals surface area contributed by atoms with E-state index in [2.05, 4.69) is 23.6 Å². The summed E-state index contributed by atoms with van der Waals surface area (Å²) in [5.41, 5.74) is -0.347. The van der Waals surface area contributed by atoms with E-state index in [0.29, 0.717) is 6.04 Å². The summed E-state index contributed by atoms with van der Waals surface area (Å²) in [6, 6.07) is 0.567. The van der Waals surface area contributed by atoms with Crippen LogP contribution in [0.4, 0.5) is 0 Å². The second-order valence-electron chi connectivity index (χ2n) is 6.20. The van der Waals surface area contributed by atoms with Gasteiger partial charge in [0.05, 0.1) is 7.11 Å². The standard InChI is InChI=1S/C15H28N2O2/c1-13(2)16-11-7-15(8-12-16,14(18)19-3)17-9-5-4-6-10-17/h13H,4-12H2,1-3H3. The maximum atomic E-state index is 12.4. The summed E-state index contributed by atoms with van der Waals surface area (Å²) in [7, 11) is 1.53. The monoisotopic (exact) mass is 268 g/mol. The normalized spacial score (nSPS) is 25.5. The molecule has 2 heterocycles. The topological polar surface area (TPSA) is 32.8 Å². The molecule has 0 N–H and O–H groups in total. The first kappa shape index (κ1) is 14.8. The van der Waals surface area contributed by atoms with E-state index in [-0.39, 0.29) is 11.5 Å². The fourth-order valence-electron chi connectivity index (χ4n) is 3.57. The Hall–Kier alpha value is -0.610. The highest BCUT2D eigenvalue weighted by Crippen LogP contribution is 2.33. The molecular weight excluding hydrogens is 240 g/mol. The van der Waals surface area contributed by atoms with Gasteiger partial charge in [-0.2, -0.15) is 0 Å². The second kappa shape index (κ2) is 6.23. The molecule has 4 nitrogen and oxygen atoms in total. The summed E-state index contributed by atoms with van der Waals surface area (Å²) in [5.74, 6) is -0.0159. The Bertz CT molecular complexity index is 303. The number of rotatable bonds is 3. The molecule has 0 aromatic heterocycles. The van der Waals surface area contributed by atoms with E-state index in [1.807, 2.05) is 0 Å². The van der Waals surface area contributed by atoms with Crippen molar-refractivity contribution in [1.82, 2.24) is 9.80 Å². The lowest BCUT2D eigenvalue weighted by Gasteiger charge is -2.48. The van der Waals surface area contributed by atoms with E-state index in [1.54, 1.807) is 0 Å². The fourth-order valence-corrected chi connectivity index (χ4v) is 3.57. The fraction of sp³-hybridized carbons (Fsp3) is 0.933. The molecule has 0 bridgehead atoms. The van der Waals surface area contributed by atoms with E-state index >= 15 is 0 Å². The highest BCUT2D eigenvalue weighted by Gasteiger charge is 2.47. The van der Waals surface area contributed by atoms with Gasteiger partial charge in [0.15, 0.2) is 0 Å². The van der Waals surface area contributed by atoms with Crippen LogP contribution in [0, 0.1) is 0 Å². The molecule has 0 unspecified atom stereocenters. The first-order valence-electron chi connectivity index (χ1n) is 7.68. The molecule has 0 radical (unpaired) electrons. The predicted molar refractivity (Wildman–Crippen MR) is 76.1 cm³/mol. The quantitative estimate of drug-likeness (QED) is 0.732. The van der Waals surface area contributed by atoms with Crippen LogP contribution in [-0.4, -0.2) is 60.6 Å². The van der Waals surface area contributed by atoms with E-state index in [1.165, 1.54) is 26.4 Å². The van der Waals surface area contributed by atoms with Crippen molar-refractivity contribution in [1.29, 1.82) is 0 Å². The Morgan fingerprint density at radius 1 is 1.05 bits per heavy atom. The van der Waals surface area contributed by atoms with Gasteiger partial charge in [-0.15, -0.1) is 0 Å². The van der Waals surface area contributed by atoms with Gasteiger partial charge >= 0.3 is 5.97 Å². The van der Waals surface area contributed by atoms with Crippen molar-refractivity contribution in [3.05, 3.63) is 0 Å². The maximum absolute atomic E-state index is 12.4. The minimum atomic E-state index is -0.347. The summed E-state index contributed by atoms with van der Waals surface area (Å²) in [6.07, 6.45) is 5.56. The van der Waals surface area contributed by atoms with Crippen molar-refractivity contribution in [2.24, 2.45) is 0 Å². The summed E-state index contributed by atoms with van der Waals surface area (Å²) in [5, 5.41) is 0. The molecule has 0 spiro atoms. The zero-order valence-electron chi connectivity index (χ0n) is 12.7. The molecule has 0 aromatic carbocycles. The molecule has 0 atom stereocenters. The molecule has 2 fully saturated rings. The molecule has 0 amide bonds. The van der Waals surface area contributed by atoms with Gasteiger partial charge in [-0.05, 0) is 52.6 Å². The van der Waals surface area contributed by atoms with Crippen LogP contribution < -0.4 is 0 Å². The van der Waals surface area contributed by atoms with Gasteiger partial charge < -0.3 is 9.64 Å². The molecular formula is C15H28N2O2. The van der Waals surface area contributed by atoms with Gasteiger partial charge in [0, 0.05) is 19.1 Å². The summed E-state index contributed by atoms with van der Waals surface area (Å²) in [6.45, 7) is 8.57. The van der Waals surface area contributed by atoms with Crippen LogP contribution in [0.3, 0.4) is 0 Å². The number of likely N-dealkylation sites (tertiary alicyclic amines) is 2. The number of carbonyl (C=O) groups is 1. The first-order valence-corrected chi connectivity index (χ1v) is 7.68. The summed E-state index contributed by atoms with van der Waals surface area (Å²) in [4.78, 5) is 17.2. The zero-order valence-corrected chi connectivity index (χ0v) is 12.7. The number of carbonyl (C=O) groups excluding carboxylic acids is 1. The molecule has 2 aliphatic rings. The molecule has 19 heavy (non-hydrogen) atoms. The number of esters is 1. The number of nitrogens with zero attached hydrogens (tertiary/aromatic N) is 2. The van der Waals surface area contributed by atoms with Crippen molar-refractivity contribution >= 4 is 5.97 Å². The lowest BCUT2D eigenvalue weighted by molar-refractivity contribution is -0.160. The maximum Gasteiger partial charge on any atom is 0.326 e.